The Bertz CT molecular complexity index is 185. The normalized spacial score (nSPS) is 12.2. The van der Waals surface area contributed by atoms with Gasteiger partial charge in [-0.1, -0.05) is 27.7 Å². The number of hydrogen-bond donors (Lipinski definition) is 0. The molecule has 2 heteroatoms. The lowest BCUT2D eigenvalue weighted by Crippen LogP contribution is -2.08. The summed E-state index contributed by atoms with van der Waals surface area (Å²) in [5, 5.41) is 8.41. The van der Waals surface area contributed by atoms with Crippen molar-refractivity contribution < 1.29 is 0 Å². The van der Waals surface area contributed by atoms with Gasteiger partial charge < -0.3 is 0 Å². The van der Waals surface area contributed by atoms with E-state index in [0.29, 0.717) is 11.8 Å². The van der Waals surface area contributed by atoms with Gasteiger partial charge in [0.05, 0.1) is 0 Å². The van der Waals surface area contributed by atoms with E-state index in [-0.39, 0.29) is 0 Å². The van der Waals surface area contributed by atoms with Crippen LogP contribution in [0.4, 0.5) is 0 Å². The first-order valence-electron chi connectivity index (χ1n) is 4.53. The van der Waals surface area contributed by atoms with Crippen LogP contribution >= 0.6 is 0 Å². The fraction of sp³-hybridized carbons (Fsp3) is 0.800. The van der Waals surface area contributed by atoms with Crippen LogP contribution in [0.3, 0.4) is 0 Å². The van der Waals surface area contributed by atoms with E-state index in [4.69, 9.17) is 5.26 Å². The molecule has 2 nitrogen and oxygen atoms in total. The summed E-state index contributed by atoms with van der Waals surface area (Å²) in [4.78, 5) is 3.82. The van der Waals surface area contributed by atoms with Gasteiger partial charge in [0.2, 0.25) is 6.19 Å². The summed E-state index contributed by atoms with van der Waals surface area (Å²) in [6.45, 7) is 8.53. The standard InChI is InChI=1S/C10H18N2/c1-8(2)5-6-10(9(3)4)12-7-11/h8-9H,5-6H2,1-4H3. The maximum atomic E-state index is 8.41. The third kappa shape index (κ3) is 4.90. The van der Waals surface area contributed by atoms with Crippen molar-refractivity contribution in [3.8, 4) is 6.19 Å². The van der Waals surface area contributed by atoms with Crippen LogP contribution in [0.25, 0.3) is 0 Å². The molecule has 0 saturated heterocycles. The minimum atomic E-state index is 0.406. The summed E-state index contributed by atoms with van der Waals surface area (Å²) in [6.07, 6.45) is 3.95. The van der Waals surface area contributed by atoms with Crippen LogP contribution < -0.4 is 0 Å². The number of rotatable bonds is 4. The molecule has 0 aromatic heterocycles. The van der Waals surface area contributed by atoms with E-state index in [0.717, 1.165) is 18.6 Å². The van der Waals surface area contributed by atoms with Crippen LogP contribution in [-0.4, -0.2) is 5.71 Å². The molecule has 0 saturated carbocycles. The lowest BCUT2D eigenvalue weighted by molar-refractivity contribution is 0.595. The lowest BCUT2D eigenvalue weighted by atomic mass is 9.99. The van der Waals surface area contributed by atoms with Gasteiger partial charge in [-0.2, -0.15) is 10.3 Å². The van der Waals surface area contributed by atoms with Gasteiger partial charge in [-0.3, -0.25) is 0 Å². The van der Waals surface area contributed by atoms with Gasteiger partial charge in [0, 0.05) is 5.71 Å². The Morgan fingerprint density at radius 2 is 1.92 bits per heavy atom. The highest BCUT2D eigenvalue weighted by Crippen LogP contribution is 2.09. The summed E-state index contributed by atoms with van der Waals surface area (Å²) in [7, 11) is 0. The molecule has 0 aromatic rings. The highest BCUT2D eigenvalue weighted by Gasteiger charge is 2.05. The van der Waals surface area contributed by atoms with Gasteiger partial charge in [-0.15, -0.1) is 0 Å². The van der Waals surface area contributed by atoms with Gasteiger partial charge in [-0.25, -0.2) is 0 Å². The Hall–Kier alpha value is -0.840. The van der Waals surface area contributed by atoms with Crippen molar-refractivity contribution >= 4 is 5.71 Å². The predicted molar refractivity (Wildman–Crippen MR) is 52.0 cm³/mol. The molecule has 0 aliphatic carbocycles. The van der Waals surface area contributed by atoms with Crippen molar-refractivity contribution in [2.75, 3.05) is 0 Å². The summed E-state index contributed by atoms with van der Waals surface area (Å²) < 4.78 is 0. The molecular formula is C10H18N2. The zero-order valence-corrected chi connectivity index (χ0v) is 8.46. The zero-order chi connectivity index (χ0) is 9.56. The fourth-order valence-electron chi connectivity index (χ4n) is 0.974. The summed E-state index contributed by atoms with van der Waals surface area (Å²) in [6, 6.07) is 0. The Kier molecular flexibility index (Phi) is 5.36. The van der Waals surface area contributed by atoms with E-state index in [2.05, 4.69) is 32.7 Å². The Balaban J connectivity index is 4.00. The summed E-state index contributed by atoms with van der Waals surface area (Å²) >= 11 is 0. The van der Waals surface area contributed by atoms with E-state index >= 15 is 0 Å². The molecule has 0 rings (SSSR count). The summed E-state index contributed by atoms with van der Waals surface area (Å²) in [5.74, 6) is 1.09. The average Bonchev–Trinajstić information content (AvgIpc) is 1.96. The molecule has 0 aromatic carbocycles. The molecule has 0 bridgehead atoms. The zero-order valence-electron chi connectivity index (χ0n) is 8.46. The first kappa shape index (κ1) is 11.2. The topological polar surface area (TPSA) is 36.1 Å². The minimum absolute atomic E-state index is 0.406. The van der Waals surface area contributed by atoms with Crippen molar-refractivity contribution in [1.29, 1.82) is 5.26 Å². The molecule has 0 aliphatic heterocycles. The van der Waals surface area contributed by atoms with Crippen molar-refractivity contribution in [3.05, 3.63) is 0 Å². The first-order valence-corrected chi connectivity index (χ1v) is 4.53. The number of nitriles is 1. The molecule has 0 unspecified atom stereocenters. The average molecular weight is 166 g/mol. The molecule has 0 N–H and O–H groups in total. The van der Waals surface area contributed by atoms with Crippen LogP contribution in [0.15, 0.2) is 4.99 Å². The Labute approximate surface area is 75.3 Å². The summed E-state index contributed by atoms with van der Waals surface area (Å²) in [5.41, 5.74) is 1.03. The quantitative estimate of drug-likeness (QED) is 0.467. The van der Waals surface area contributed by atoms with Crippen LogP contribution in [0.5, 0.6) is 0 Å². The molecule has 0 spiro atoms. The molecule has 0 atom stereocenters. The first-order chi connectivity index (χ1) is 5.57. The van der Waals surface area contributed by atoms with Crippen molar-refractivity contribution in [3.63, 3.8) is 0 Å². The monoisotopic (exact) mass is 166 g/mol. The molecular weight excluding hydrogens is 148 g/mol. The van der Waals surface area contributed by atoms with Crippen LogP contribution in [0.1, 0.15) is 40.5 Å². The second-order valence-electron chi connectivity index (χ2n) is 3.79. The maximum Gasteiger partial charge on any atom is 0.205 e. The van der Waals surface area contributed by atoms with Crippen LogP contribution in [0.2, 0.25) is 0 Å². The van der Waals surface area contributed by atoms with Gasteiger partial charge in [-0.05, 0) is 24.7 Å². The molecule has 0 amide bonds. The van der Waals surface area contributed by atoms with E-state index in [1.807, 2.05) is 6.19 Å². The van der Waals surface area contributed by atoms with Gasteiger partial charge in [0.15, 0.2) is 0 Å². The van der Waals surface area contributed by atoms with Gasteiger partial charge in [0.25, 0.3) is 0 Å². The predicted octanol–water partition coefficient (Wildman–Crippen LogP) is 3.00. The molecule has 0 radical (unpaired) electrons. The maximum absolute atomic E-state index is 8.41. The van der Waals surface area contributed by atoms with Crippen molar-refractivity contribution in [2.24, 2.45) is 16.8 Å². The Morgan fingerprint density at radius 3 is 2.25 bits per heavy atom. The molecule has 0 aliphatic rings. The molecule has 0 heterocycles. The second-order valence-corrected chi connectivity index (χ2v) is 3.79. The molecule has 0 fully saturated rings. The van der Waals surface area contributed by atoms with E-state index in [9.17, 15) is 0 Å². The highest BCUT2D eigenvalue weighted by molar-refractivity contribution is 5.86. The third-order valence-electron chi connectivity index (χ3n) is 1.84. The number of hydrogen-bond acceptors (Lipinski definition) is 2. The lowest BCUT2D eigenvalue weighted by Gasteiger charge is -2.09. The number of nitrogens with zero attached hydrogens (tertiary/aromatic N) is 2. The van der Waals surface area contributed by atoms with E-state index in [1.54, 1.807) is 0 Å². The van der Waals surface area contributed by atoms with Crippen LogP contribution in [-0.2, 0) is 0 Å². The minimum Gasteiger partial charge on any atom is -0.182 e. The largest absolute Gasteiger partial charge is 0.205 e. The SMILES string of the molecule is CC(C)CCC(=NC#N)C(C)C. The number of aliphatic imine (C=N–C) groups is 1. The van der Waals surface area contributed by atoms with Crippen molar-refractivity contribution in [2.45, 2.75) is 40.5 Å². The highest BCUT2D eigenvalue weighted by atomic mass is 14.7. The van der Waals surface area contributed by atoms with Crippen LogP contribution in [0, 0.1) is 23.3 Å². The van der Waals surface area contributed by atoms with Crippen molar-refractivity contribution in [1.82, 2.24) is 0 Å². The fourth-order valence-corrected chi connectivity index (χ4v) is 0.974. The van der Waals surface area contributed by atoms with Gasteiger partial charge >= 0.3 is 0 Å². The van der Waals surface area contributed by atoms with E-state index < -0.39 is 0 Å². The smallest absolute Gasteiger partial charge is 0.182 e. The molecule has 68 valence electrons. The third-order valence-corrected chi connectivity index (χ3v) is 1.84. The molecule has 12 heavy (non-hydrogen) atoms. The Morgan fingerprint density at radius 1 is 1.33 bits per heavy atom. The van der Waals surface area contributed by atoms with E-state index in [1.165, 1.54) is 0 Å². The van der Waals surface area contributed by atoms with Gasteiger partial charge in [0.1, 0.15) is 0 Å². The second kappa shape index (κ2) is 5.77.